The van der Waals surface area contributed by atoms with Crippen LogP contribution < -0.4 is 5.73 Å². The molecule has 1 nitrogen and oxygen atoms in total. The molecule has 0 heterocycles. The molecule has 1 aliphatic carbocycles. The first-order valence-corrected chi connectivity index (χ1v) is 5.76. The molecule has 0 saturated heterocycles. The molecule has 1 heteroatoms. The van der Waals surface area contributed by atoms with Crippen LogP contribution in [0.2, 0.25) is 0 Å². The van der Waals surface area contributed by atoms with Crippen LogP contribution in [0.1, 0.15) is 40.0 Å². The van der Waals surface area contributed by atoms with Gasteiger partial charge in [-0.2, -0.15) is 0 Å². The average molecular weight is 193 g/mol. The highest BCUT2D eigenvalue weighted by Crippen LogP contribution is 2.31. The van der Waals surface area contributed by atoms with Gasteiger partial charge in [-0.25, -0.2) is 0 Å². The smallest absolute Gasteiger partial charge is 0.00140 e. The van der Waals surface area contributed by atoms with Crippen molar-refractivity contribution < 1.29 is 0 Å². The van der Waals surface area contributed by atoms with E-state index in [0.717, 1.165) is 12.5 Å². The van der Waals surface area contributed by atoms with Gasteiger partial charge in [0.15, 0.2) is 0 Å². The Morgan fingerprint density at radius 1 is 1.50 bits per heavy atom. The highest BCUT2D eigenvalue weighted by Gasteiger charge is 2.18. The first-order valence-electron chi connectivity index (χ1n) is 5.76. The van der Waals surface area contributed by atoms with E-state index in [9.17, 15) is 0 Å². The Bertz CT molecular complexity index is 238. The van der Waals surface area contributed by atoms with Crippen molar-refractivity contribution in [3.8, 4) is 0 Å². The molecule has 2 atom stereocenters. The normalized spacial score (nSPS) is 24.1. The molecule has 2 unspecified atom stereocenters. The molecule has 2 N–H and O–H groups in total. The summed E-state index contributed by atoms with van der Waals surface area (Å²) in [6.45, 7) is 7.51. The number of nitrogens with two attached hydrogens (primary N) is 1. The lowest BCUT2D eigenvalue weighted by molar-refractivity contribution is 0.505. The Morgan fingerprint density at radius 3 is 2.79 bits per heavy atom. The molecule has 0 fully saturated rings. The van der Waals surface area contributed by atoms with E-state index in [2.05, 4.69) is 32.9 Å². The van der Waals surface area contributed by atoms with Crippen molar-refractivity contribution in [1.29, 1.82) is 0 Å². The van der Waals surface area contributed by atoms with E-state index in [1.165, 1.54) is 24.8 Å². The van der Waals surface area contributed by atoms with Gasteiger partial charge in [0.05, 0.1) is 0 Å². The Kier molecular flexibility index (Phi) is 4.40. The van der Waals surface area contributed by atoms with Crippen molar-refractivity contribution in [2.24, 2.45) is 17.6 Å². The van der Waals surface area contributed by atoms with Crippen LogP contribution in [0.5, 0.6) is 0 Å². The minimum absolute atomic E-state index is 0.554. The fourth-order valence-electron chi connectivity index (χ4n) is 2.08. The molecule has 0 aromatic heterocycles. The standard InChI is InChI=1S/C13H23N/c1-4-5-12-8-13(11(3)9-14)7-6-10(12)2/h6-7,11-12H,4-5,8-9,14H2,1-3H3. The van der Waals surface area contributed by atoms with Gasteiger partial charge < -0.3 is 5.73 Å². The fourth-order valence-corrected chi connectivity index (χ4v) is 2.08. The Morgan fingerprint density at radius 2 is 2.21 bits per heavy atom. The fraction of sp³-hybridized carbons (Fsp3) is 0.692. The molecule has 0 aliphatic heterocycles. The summed E-state index contributed by atoms with van der Waals surface area (Å²) in [5.41, 5.74) is 8.78. The van der Waals surface area contributed by atoms with E-state index in [4.69, 9.17) is 5.73 Å². The predicted molar refractivity (Wildman–Crippen MR) is 63.1 cm³/mol. The number of rotatable bonds is 4. The largest absolute Gasteiger partial charge is 0.330 e. The van der Waals surface area contributed by atoms with Gasteiger partial charge in [-0.3, -0.25) is 0 Å². The Hall–Kier alpha value is -0.560. The SMILES string of the molecule is CCCC1CC(C(C)CN)=CC=C1C. The van der Waals surface area contributed by atoms with E-state index in [-0.39, 0.29) is 0 Å². The lowest BCUT2D eigenvalue weighted by Gasteiger charge is -2.25. The van der Waals surface area contributed by atoms with Crippen LogP contribution in [0.15, 0.2) is 23.3 Å². The minimum Gasteiger partial charge on any atom is -0.330 e. The summed E-state index contributed by atoms with van der Waals surface area (Å²) in [4.78, 5) is 0. The molecule has 1 rings (SSSR count). The quantitative estimate of drug-likeness (QED) is 0.728. The van der Waals surface area contributed by atoms with Gasteiger partial charge in [0.25, 0.3) is 0 Å². The van der Waals surface area contributed by atoms with E-state index < -0.39 is 0 Å². The summed E-state index contributed by atoms with van der Waals surface area (Å²) in [5.74, 6) is 1.33. The van der Waals surface area contributed by atoms with Gasteiger partial charge in [0, 0.05) is 0 Å². The maximum Gasteiger partial charge on any atom is -0.00140 e. The molecular weight excluding hydrogens is 170 g/mol. The van der Waals surface area contributed by atoms with Gasteiger partial charge in [-0.05, 0) is 38.1 Å². The second kappa shape index (κ2) is 5.35. The third kappa shape index (κ3) is 2.71. The monoisotopic (exact) mass is 193 g/mol. The van der Waals surface area contributed by atoms with E-state index in [1.54, 1.807) is 5.57 Å². The zero-order chi connectivity index (χ0) is 10.6. The second-order valence-electron chi connectivity index (χ2n) is 4.48. The average Bonchev–Trinajstić information content (AvgIpc) is 2.20. The lowest BCUT2D eigenvalue weighted by atomic mass is 9.81. The van der Waals surface area contributed by atoms with Crippen molar-refractivity contribution in [3.63, 3.8) is 0 Å². The molecule has 0 bridgehead atoms. The van der Waals surface area contributed by atoms with E-state index >= 15 is 0 Å². The van der Waals surface area contributed by atoms with Gasteiger partial charge in [0.1, 0.15) is 0 Å². The molecule has 0 amide bonds. The van der Waals surface area contributed by atoms with Crippen LogP contribution in [-0.4, -0.2) is 6.54 Å². The first kappa shape index (κ1) is 11.5. The van der Waals surface area contributed by atoms with E-state index in [0.29, 0.717) is 5.92 Å². The van der Waals surface area contributed by atoms with Crippen LogP contribution >= 0.6 is 0 Å². The maximum atomic E-state index is 5.70. The zero-order valence-electron chi connectivity index (χ0n) is 9.72. The molecule has 0 radical (unpaired) electrons. The summed E-state index contributed by atoms with van der Waals surface area (Å²) in [6.07, 6.45) is 8.38. The molecule has 14 heavy (non-hydrogen) atoms. The van der Waals surface area contributed by atoms with Crippen LogP contribution in [0.3, 0.4) is 0 Å². The van der Waals surface area contributed by atoms with Crippen LogP contribution in [0.25, 0.3) is 0 Å². The third-order valence-corrected chi connectivity index (χ3v) is 3.31. The topological polar surface area (TPSA) is 26.0 Å². The molecule has 0 spiro atoms. The minimum atomic E-state index is 0.554. The van der Waals surface area contributed by atoms with Crippen molar-refractivity contribution in [1.82, 2.24) is 0 Å². The molecule has 0 aromatic rings. The van der Waals surface area contributed by atoms with Gasteiger partial charge in [-0.15, -0.1) is 0 Å². The molecular formula is C13H23N. The van der Waals surface area contributed by atoms with E-state index in [1.807, 2.05) is 0 Å². The van der Waals surface area contributed by atoms with Gasteiger partial charge >= 0.3 is 0 Å². The Balaban J connectivity index is 2.66. The van der Waals surface area contributed by atoms with Crippen molar-refractivity contribution >= 4 is 0 Å². The van der Waals surface area contributed by atoms with Crippen LogP contribution in [0, 0.1) is 11.8 Å². The van der Waals surface area contributed by atoms with Gasteiger partial charge in [0.2, 0.25) is 0 Å². The maximum absolute atomic E-state index is 5.70. The summed E-state index contributed by atoms with van der Waals surface area (Å²) < 4.78 is 0. The third-order valence-electron chi connectivity index (χ3n) is 3.31. The zero-order valence-corrected chi connectivity index (χ0v) is 9.72. The van der Waals surface area contributed by atoms with Crippen molar-refractivity contribution in [3.05, 3.63) is 23.3 Å². The predicted octanol–water partition coefficient (Wildman–Crippen LogP) is 3.27. The van der Waals surface area contributed by atoms with Crippen LogP contribution in [0.4, 0.5) is 0 Å². The molecule has 0 saturated carbocycles. The molecule has 80 valence electrons. The number of allylic oxidation sites excluding steroid dienone is 3. The van der Waals surface area contributed by atoms with Gasteiger partial charge in [-0.1, -0.05) is 43.6 Å². The molecule has 0 aromatic carbocycles. The number of hydrogen-bond donors (Lipinski definition) is 1. The first-order chi connectivity index (χ1) is 6.69. The lowest BCUT2D eigenvalue weighted by Crippen LogP contribution is -2.17. The van der Waals surface area contributed by atoms with Crippen molar-refractivity contribution in [2.75, 3.05) is 6.54 Å². The highest BCUT2D eigenvalue weighted by atomic mass is 14.5. The van der Waals surface area contributed by atoms with Crippen LogP contribution in [-0.2, 0) is 0 Å². The second-order valence-corrected chi connectivity index (χ2v) is 4.48. The number of hydrogen-bond acceptors (Lipinski definition) is 1. The summed E-state index contributed by atoms with van der Waals surface area (Å²) >= 11 is 0. The molecule has 1 aliphatic rings. The summed E-state index contributed by atoms with van der Waals surface area (Å²) in [6, 6.07) is 0. The highest BCUT2D eigenvalue weighted by molar-refractivity contribution is 5.26. The summed E-state index contributed by atoms with van der Waals surface area (Å²) in [7, 11) is 0. The Labute approximate surface area is 88.1 Å². The summed E-state index contributed by atoms with van der Waals surface area (Å²) in [5, 5.41) is 0. The van der Waals surface area contributed by atoms with Crippen molar-refractivity contribution in [2.45, 2.75) is 40.0 Å².